The molecule has 8 nitrogen and oxygen atoms in total. The van der Waals surface area contributed by atoms with E-state index in [0.29, 0.717) is 6.04 Å². The number of piperidine rings is 1. The van der Waals surface area contributed by atoms with Crippen molar-refractivity contribution < 1.29 is 14.2 Å². The fourth-order valence-electron chi connectivity index (χ4n) is 6.19. The number of aromatic nitrogens is 2. The van der Waals surface area contributed by atoms with Crippen molar-refractivity contribution in [1.29, 1.82) is 0 Å². The molecule has 0 atom stereocenters. The maximum atomic E-state index is 6.00. The monoisotopic (exact) mass is 581 g/mol. The molecule has 0 unspecified atom stereocenters. The van der Waals surface area contributed by atoms with Gasteiger partial charge >= 0.3 is 0 Å². The molecule has 1 aromatic heterocycles. The maximum absolute atomic E-state index is 6.00. The first-order chi connectivity index (χ1) is 21.2. The van der Waals surface area contributed by atoms with Crippen LogP contribution in [0.3, 0.4) is 0 Å². The minimum atomic E-state index is 0.336. The van der Waals surface area contributed by atoms with E-state index in [1.54, 1.807) is 14.2 Å². The Bertz CT molecular complexity index is 1460. The van der Waals surface area contributed by atoms with Crippen LogP contribution in [0.15, 0.2) is 66.7 Å². The van der Waals surface area contributed by atoms with Crippen molar-refractivity contribution in [2.45, 2.75) is 44.7 Å². The van der Waals surface area contributed by atoms with Crippen LogP contribution in [0.2, 0.25) is 0 Å². The highest BCUT2D eigenvalue weighted by Gasteiger charge is 2.21. The number of anilines is 1. The summed E-state index contributed by atoms with van der Waals surface area (Å²) in [6.45, 7) is 7.46. The van der Waals surface area contributed by atoms with Gasteiger partial charge in [-0.3, -0.25) is 4.90 Å². The molecule has 8 heteroatoms. The molecule has 3 heterocycles. The van der Waals surface area contributed by atoms with Gasteiger partial charge in [-0.05, 0) is 105 Å². The zero-order valence-corrected chi connectivity index (χ0v) is 25.4. The number of rotatable bonds is 12. The van der Waals surface area contributed by atoms with E-state index in [1.165, 1.54) is 31.5 Å². The zero-order valence-electron chi connectivity index (χ0n) is 25.4. The zero-order chi connectivity index (χ0) is 29.4. The van der Waals surface area contributed by atoms with E-state index in [0.717, 1.165) is 97.1 Å². The second-order valence-corrected chi connectivity index (χ2v) is 11.6. The SMILES string of the molecule is COc1ccc(-c2nnc(NC3CCN(Cc4ccc(OCCCN5CCCC5)cc4)CC3)c3cc(OC)ccc23)cc1. The minimum absolute atomic E-state index is 0.336. The Kier molecular flexibility index (Phi) is 9.55. The van der Waals surface area contributed by atoms with Gasteiger partial charge in [-0.15, -0.1) is 10.2 Å². The Morgan fingerprint density at radius 2 is 1.44 bits per heavy atom. The predicted molar refractivity (Wildman–Crippen MR) is 172 cm³/mol. The Morgan fingerprint density at radius 1 is 0.744 bits per heavy atom. The van der Waals surface area contributed by atoms with Gasteiger partial charge in [-0.25, -0.2) is 0 Å². The number of hydrogen-bond donors (Lipinski definition) is 1. The lowest BCUT2D eigenvalue weighted by Crippen LogP contribution is -2.38. The number of nitrogens with one attached hydrogen (secondary N) is 1. The van der Waals surface area contributed by atoms with Crippen LogP contribution in [-0.4, -0.2) is 79.6 Å². The van der Waals surface area contributed by atoms with Gasteiger partial charge in [0.2, 0.25) is 0 Å². The van der Waals surface area contributed by atoms with Crippen LogP contribution in [0.5, 0.6) is 17.2 Å². The first-order valence-corrected chi connectivity index (χ1v) is 15.6. The third kappa shape index (κ3) is 7.37. The standard InChI is InChI=1S/C35H43N5O3/c1-41-29-12-8-27(9-13-29)34-32-15-14-31(42-2)24-33(32)35(38-37-34)36-28-16-21-40(22-17-28)25-26-6-10-30(11-7-26)43-23-5-20-39-18-3-4-19-39/h6-15,24,28H,3-5,16-23,25H2,1-2H3,(H,36,38). The smallest absolute Gasteiger partial charge is 0.156 e. The second-order valence-electron chi connectivity index (χ2n) is 11.6. The molecule has 6 rings (SSSR count). The van der Waals surface area contributed by atoms with Crippen LogP contribution in [0.25, 0.3) is 22.0 Å². The van der Waals surface area contributed by atoms with Crippen LogP contribution in [0.1, 0.15) is 37.7 Å². The van der Waals surface area contributed by atoms with Crippen LogP contribution >= 0.6 is 0 Å². The number of nitrogens with zero attached hydrogens (tertiary/aromatic N) is 4. The van der Waals surface area contributed by atoms with Gasteiger partial charge in [-0.2, -0.15) is 0 Å². The Balaban J connectivity index is 1.03. The highest BCUT2D eigenvalue weighted by molar-refractivity contribution is 6.00. The van der Waals surface area contributed by atoms with E-state index in [1.807, 2.05) is 30.3 Å². The Labute approximate surface area is 255 Å². The molecule has 43 heavy (non-hydrogen) atoms. The number of methoxy groups -OCH3 is 2. The molecule has 1 N–H and O–H groups in total. The fourth-order valence-corrected chi connectivity index (χ4v) is 6.19. The van der Waals surface area contributed by atoms with Crippen molar-refractivity contribution in [3.8, 4) is 28.5 Å². The summed E-state index contributed by atoms with van der Waals surface area (Å²) in [6.07, 6.45) is 5.87. The summed E-state index contributed by atoms with van der Waals surface area (Å²) in [4.78, 5) is 5.07. The van der Waals surface area contributed by atoms with E-state index < -0.39 is 0 Å². The molecule has 0 amide bonds. The summed E-state index contributed by atoms with van der Waals surface area (Å²) in [5.74, 6) is 3.39. The van der Waals surface area contributed by atoms with Crippen molar-refractivity contribution in [3.63, 3.8) is 0 Å². The van der Waals surface area contributed by atoms with Gasteiger partial charge in [0.15, 0.2) is 5.82 Å². The van der Waals surface area contributed by atoms with Gasteiger partial charge in [-0.1, -0.05) is 12.1 Å². The summed E-state index contributed by atoms with van der Waals surface area (Å²) in [5, 5.41) is 15.1. The van der Waals surface area contributed by atoms with Crippen molar-refractivity contribution in [2.24, 2.45) is 0 Å². The number of benzene rings is 3. The lowest BCUT2D eigenvalue weighted by Gasteiger charge is -2.32. The normalized spacial score (nSPS) is 16.4. The molecule has 0 radical (unpaired) electrons. The quantitative estimate of drug-likeness (QED) is 0.197. The third-order valence-electron chi connectivity index (χ3n) is 8.69. The van der Waals surface area contributed by atoms with Crippen molar-refractivity contribution in [3.05, 3.63) is 72.3 Å². The van der Waals surface area contributed by atoms with Gasteiger partial charge < -0.3 is 24.4 Å². The Morgan fingerprint density at radius 3 is 2.16 bits per heavy atom. The predicted octanol–water partition coefficient (Wildman–Crippen LogP) is 6.26. The van der Waals surface area contributed by atoms with Crippen LogP contribution < -0.4 is 19.5 Å². The van der Waals surface area contributed by atoms with Gasteiger partial charge in [0.1, 0.15) is 22.9 Å². The minimum Gasteiger partial charge on any atom is -0.497 e. The lowest BCUT2D eigenvalue weighted by molar-refractivity contribution is 0.211. The molecule has 0 spiro atoms. The van der Waals surface area contributed by atoms with Crippen LogP contribution in [0.4, 0.5) is 5.82 Å². The van der Waals surface area contributed by atoms with Gasteiger partial charge in [0.05, 0.1) is 20.8 Å². The first-order valence-electron chi connectivity index (χ1n) is 15.6. The topological polar surface area (TPSA) is 72.0 Å². The second kappa shape index (κ2) is 14.1. The Hall–Kier alpha value is -3.88. The van der Waals surface area contributed by atoms with Crippen LogP contribution in [-0.2, 0) is 6.54 Å². The average molecular weight is 582 g/mol. The highest BCUT2D eigenvalue weighted by atomic mass is 16.5. The van der Waals surface area contributed by atoms with Crippen molar-refractivity contribution >= 4 is 16.6 Å². The van der Waals surface area contributed by atoms with Gasteiger partial charge in [0.25, 0.3) is 0 Å². The van der Waals surface area contributed by atoms with Crippen molar-refractivity contribution in [1.82, 2.24) is 20.0 Å². The average Bonchev–Trinajstić information content (AvgIpc) is 3.58. The van der Waals surface area contributed by atoms with Gasteiger partial charge in [0, 0.05) is 48.6 Å². The fraction of sp³-hybridized carbons (Fsp3) is 0.429. The van der Waals surface area contributed by atoms with Crippen molar-refractivity contribution in [2.75, 3.05) is 58.9 Å². The summed E-state index contributed by atoms with van der Waals surface area (Å²) >= 11 is 0. The molecule has 2 aliphatic rings. The first kappa shape index (κ1) is 29.2. The maximum Gasteiger partial charge on any atom is 0.156 e. The summed E-state index contributed by atoms with van der Waals surface area (Å²) < 4.78 is 16.9. The number of fused-ring (bicyclic) bond motifs is 1. The van der Waals surface area contributed by atoms with E-state index in [-0.39, 0.29) is 0 Å². The molecule has 0 aliphatic carbocycles. The van der Waals surface area contributed by atoms with E-state index in [9.17, 15) is 0 Å². The molecule has 0 bridgehead atoms. The summed E-state index contributed by atoms with van der Waals surface area (Å²) in [5.41, 5.74) is 3.17. The highest BCUT2D eigenvalue weighted by Crippen LogP contribution is 2.34. The molecule has 2 saturated heterocycles. The summed E-state index contributed by atoms with van der Waals surface area (Å²) in [7, 11) is 3.37. The number of ether oxygens (including phenoxy) is 3. The number of hydrogen-bond acceptors (Lipinski definition) is 8. The molecule has 4 aromatic rings. The molecular formula is C35H43N5O3. The third-order valence-corrected chi connectivity index (χ3v) is 8.69. The molecular weight excluding hydrogens is 538 g/mol. The van der Waals surface area contributed by atoms with E-state index >= 15 is 0 Å². The summed E-state index contributed by atoms with van der Waals surface area (Å²) in [6, 6.07) is 23.0. The van der Waals surface area contributed by atoms with Crippen LogP contribution in [0, 0.1) is 0 Å². The lowest BCUT2D eigenvalue weighted by atomic mass is 10.0. The molecule has 2 aliphatic heterocycles. The number of likely N-dealkylation sites (tertiary alicyclic amines) is 2. The molecule has 226 valence electrons. The van der Waals surface area contributed by atoms with E-state index in [2.05, 4.69) is 61.7 Å². The molecule has 0 saturated carbocycles. The largest absolute Gasteiger partial charge is 0.497 e. The molecule has 3 aromatic carbocycles. The van der Waals surface area contributed by atoms with E-state index in [4.69, 9.17) is 14.2 Å². The molecule has 2 fully saturated rings.